The predicted molar refractivity (Wildman–Crippen MR) is 127 cm³/mol. The summed E-state index contributed by atoms with van der Waals surface area (Å²) < 4.78 is 0. The van der Waals surface area contributed by atoms with Crippen LogP contribution in [0.1, 0.15) is 39.5 Å². The second-order valence-electron chi connectivity index (χ2n) is 8.02. The van der Waals surface area contributed by atoms with Crippen molar-refractivity contribution in [2.24, 2.45) is 16.3 Å². The van der Waals surface area contributed by atoms with Crippen molar-refractivity contribution in [1.82, 2.24) is 20.9 Å². The first-order valence-electron chi connectivity index (χ1n) is 9.93. The summed E-state index contributed by atoms with van der Waals surface area (Å²) in [5.41, 5.74) is -0.511. The Bertz CT molecular complexity index is 544. The number of nitrogens with one attached hydrogen (secondary N) is 3. The van der Waals surface area contributed by atoms with Gasteiger partial charge in [-0.15, -0.1) is 24.0 Å². The van der Waals surface area contributed by atoms with Crippen LogP contribution in [0.2, 0.25) is 0 Å². The molecule has 0 radical (unpaired) electrons. The van der Waals surface area contributed by atoms with Crippen molar-refractivity contribution in [2.75, 3.05) is 45.2 Å². The number of nitrogens with zero attached hydrogens (tertiary/aromatic N) is 2. The summed E-state index contributed by atoms with van der Waals surface area (Å²) in [6.07, 6.45) is 3.80. The van der Waals surface area contributed by atoms with Gasteiger partial charge in [0.15, 0.2) is 5.96 Å². The predicted octanol–water partition coefficient (Wildman–Crippen LogP) is 1.68. The van der Waals surface area contributed by atoms with E-state index in [2.05, 4.69) is 25.8 Å². The Morgan fingerprint density at radius 2 is 1.75 bits per heavy atom. The molecule has 3 N–H and O–H groups in total. The molecule has 0 bridgehead atoms. The van der Waals surface area contributed by atoms with Crippen LogP contribution in [-0.2, 0) is 9.59 Å². The van der Waals surface area contributed by atoms with Crippen molar-refractivity contribution in [3.8, 4) is 0 Å². The standard InChI is InChI=1S/C19H35N5O2S.HI/c1-19(2,17(26)20-3)13-22-18(21-4)23-15-7-5-14(6-8-15)16(25)24-9-11-27-12-10-24;/h14-15H,5-13H2,1-4H3,(H,20,26)(H2,21,22,23);1H. The summed E-state index contributed by atoms with van der Waals surface area (Å²) in [5, 5.41) is 9.41. The molecule has 7 nitrogen and oxygen atoms in total. The Hall–Kier alpha value is -0.710. The Morgan fingerprint density at radius 3 is 2.29 bits per heavy atom. The van der Waals surface area contributed by atoms with E-state index in [-0.39, 0.29) is 35.8 Å². The minimum absolute atomic E-state index is 0. The van der Waals surface area contributed by atoms with Gasteiger partial charge in [0.1, 0.15) is 0 Å². The Labute approximate surface area is 190 Å². The average molecular weight is 526 g/mol. The molecule has 28 heavy (non-hydrogen) atoms. The molecule has 0 aromatic carbocycles. The molecule has 162 valence electrons. The van der Waals surface area contributed by atoms with Gasteiger partial charge in [-0.05, 0) is 39.5 Å². The number of hydrogen-bond acceptors (Lipinski definition) is 4. The summed E-state index contributed by atoms with van der Waals surface area (Å²) in [6.45, 7) is 6.12. The van der Waals surface area contributed by atoms with Gasteiger partial charge in [-0.3, -0.25) is 14.6 Å². The van der Waals surface area contributed by atoms with Gasteiger partial charge in [0, 0.05) is 57.2 Å². The Kier molecular flexibility index (Phi) is 10.9. The van der Waals surface area contributed by atoms with E-state index in [9.17, 15) is 9.59 Å². The minimum atomic E-state index is -0.511. The number of carbonyl (C=O) groups is 2. The molecule has 1 saturated carbocycles. The third-order valence-electron chi connectivity index (χ3n) is 5.50. The molecule has 0 aromatic heterocycles. The van der Waals surface area contributed by atoms with Gasteiger partial charge in [-0.2, -0.15) is 11.8 Å². The van der Waals surface area contributed by atoms with E-state index < -0.39 is 5.41 Å². The molecule has 2 aliphatic rings. The van der Waals surface area contributed by atoms with Crippen molar-refractivity contribution < 1.29 is 9.59 Å². The number of amides is 2. The van der Waals surface area contributed by atoms with E-state index in [0.717, 1.165) is 56.2 Å². The zero-order chi connectivity index (χ0) is 19.9. The van der Waals surface area contributed by atoms with Gasteiger partial charge < -0.3 is 20.9 Å². The van der Waals surface area contributed by atoms with Crippen LogP contribution >= 0.6 is 35.7 Å². The van der Waals surface area contributed by atoms with Crippen LogP contribution in [0.25, 0.3) is 0 Å². The van der Waals surface area contributed by atoms with E-state index in [1.165, 1.54) is 0 Å². The van der Waals surface area contributed by atoms with Gasteiger partial charge >= 0.3 is 0 Å². The fraction of sp³-hybridized carbons (Fsp3) is 0.842. The molecule has 0 atom stereocenters. The normalized spacial score (nSPS) is 23.4. The van der Waals surface area contributed by atoms with Crippen LogP contribution in [-0.4, -0.2) is 74.0 Å². The number of halogens is 1. The van der Waals surface area contributed by atoms with Crippen molar-refractivity contribution in [1.29, 1.82) is 0 Å². The number of rotatable bonds is 5. The second kappa shape index (κ2) is 12.1. The molecular formula is C19H36IN5O2S. The second-order valence-corrected chi connectivity index (χ2v) is 9.24. The van der Waals surface area contributed by atoms with E-state index >= 15 is 0 Å². The monoisotopic (exact) mass is 525 g/mol. The van der Waals surface area contributed by atoms with Crippen LogP contribution in [0.5, 0.6) is 0 Å². The zero-order valence-corrected chi connectivity index (χ0v) is 20.7. The minimum Gasteiger partial charge on any atom is -0.359 e. The third kappa shape index (κ3) is 7.27. The Morgan fingerprint density at radius 1 is 1.14 bits per heavy atom. The van der Waals surface area contributed by atoms with Crippen LogP contribution in [0.3, 0.4) is 0 Å². The maximum Gasteiger partial charge on any atom is 0.227 e. The number of aliphatic imine (C=N–C) groups is 1. The molecule has 0 aromatic rings. The number of carbonyl (C=O) groups excluding carboxylic acids is 2. The molecule has 9 heteroatoms. The lowest BCUT2D eigenvalue weighted by atomic mass is 9.85. The van der Waals surface area contributed by atoms with Crippen molar-refractivity contribution in [3.63, 3.8) is 0 Å². The highest BCUT2D eigenvalue weighted by Crippen LogP contribution is 2.27. The quantitative estimate of drug-likeness (QED) is 0.289. The van der Waals surface area contributed by atoms with Crippen molar-refractivity contribution in [3.05, 3.63) is 0 Å². The third-order valence-corrected chi connectivity index (χ3v) is 6.45. The highest BCUT2D eigenvalue weighted by atomic mass is 127. The highest BCUT2D eigenvalue weighted by molar-refractivity contribution is 14.0. The summed E-state index contributed by atoms with van der Waals surface area (Å²) in [6, 6.07) is 0.320. The molecule has 2 rings (SSSR count). The average Bonchev–Trinajstić information content (AvgIpc) is 2.71. The molecular weight excluding hydrogens is 489 g/mol. The molecule has 1 aliphatic carbocycles. The van der Waals surface area contributed by atoms with Gasteiger partial charge in [0.05, 0.1) is 5.41 Å². The van der Waals surface area contributed by atoms with Crippen molar-refractivity contribution in [2.45, 2.75) is 45.6 Å². The lowest BCUT2D eigenvalue weighted by Crippen LogP contribution is -2.50. The van der Waals surface area contributed by atoms with E-state index in [1.54, 1.807) is 14.1 Å². The van der Waals surface area contributed by atoms with E-state index in [0.29, 0.717) is 18.5 Å². The lowest BCUT2D eigenvalue weighted by Gasteiger charge is -2.34. The zero-order valence-electron chi connectivity index (χ0n) is 17.5. The maximum absolute atomic E-state index is 12.7. The fourth-order valence-corrected chi connectivity index (χ4v) is 4.54. The topological polar surface area (TPSA) is 85.8 Å². The molecule has 1 heterocycles. The van der Waals surface area contributed by atoms with E-state index in [4.69, 9.17) is 0 Å². The van der Waals surface area contributed by atoms with Gasteiger partial charge in [0.25, 0.3) is 0 Å². The molecule has 1 saturated heterocycles. The smallest absolute Gasteiger partial charge is 0.227 e. The fourth-order valence-electron chi connectivity index (χ4n) is 3.64. The first kappa shape index (κ1) is 25.3. The van der Waals surface area contributed by atoms with Gasteiger partial charge in [-0.25, -0.2) is 0 Å². The lowest BCUT2D eigenvalue weighted by molar-refractivity contribution is -0.136. The summed E-state index contributed by atoms with van der Waals surface area (Å²) >= 11 is 1.93. The number of hydrogen-bond donors (Lipinski definition) is 3. The maximum atomic E-state index is 12.7. The Balaban J connectivity index is 0.00000392. The van der Waals surface area contributed by atoms with Gasteiger partial charge in [0.2, 0.25) is 11.8 Å². The van der Waals surface area contributed by atoms with Crippen LogP contribution in [0, 0.1) is 11.3 Å². The van der Waals surface area contributed by atoms with Gasteiger partial charge in [-0.1, -0.05) is 0 Å². The van der Waals surface area contributed by atoms with Crippen LogP contribution in [0.15, 0.2) is 4.99 Å². The molecule has 0 unspecified atom stereocenters. The van der Waals surface area contributed by atoms with E-state index in [1.807, 2.05) is 25.6 Å². The first-order valence-corrected chi connectivity index (χ1v) is 11.1. The first-order chi connectivity index (χ1) is 12.9. The van der Waals surface area contributed by atoms with Crippen LogP contribution in [0.4, 0.5) is 0 Å². The SMILES string of the molecule is CN=C(NCC(C)(C)C(=O)NC)NC1CCC(C(=O)N2CCSCC2)CC1.I. The highest BCUT2D eigenvalue weighted by Gasteiger charge is 2.31. The summed E-state index contributed by atoms with van der Waals surface area (Å²) in [7, 11) is 3.39. The molecule has 0 spiro atoms. The molecule has 1 aliphatic heterocycles. The summed E-state index contributed by atoms with van der Waals surface area (Å²) in [5.74, 6) is 3.38. The number of thioether (sulfide) groups is 1. The molecule has 2 fully saturated rings. The summed E-state index contributed by atoms with van der Waals surface area (Å²) in [4.78, 5) is 30.9. The number of guanidine groups is 1. The largest absolute Gasteiger partial charge is 0.359 e. The molecule has 2 amide bonds. The van der Waals surface area contributed by atoms with Crippen molar-refractivity contribution >= 4 is 53.5 Å². The van der Waals surface area contributed by atoms with Crippen LogP contribution < -0.4 is 16.0 Å².